The van der Waals surface area contributed by atoms with Crippen molar-refractivity contribution in [1.82, 2.24) is 24.9 Å². The summed E-state index contributed by atoms with van der Waals surface area (Å²) in [5, 5.41) is 11.3. The Morgan fingerprint density at radius 2 is 2.29 bits per heavy atom. The van der Waals surface area contributed by atoms with E-state index in [0.717, 1.165) is 54.5 Å². The Morgan fingerprint density at radius 1 is 1.43 bits per heavy atom. The SMILES string of the molecule is Cc1cc([C@@H](C)C(=O)NC[C@H]2CCCN(c3nccn4cnnc34)C2)c(C)o1. The van der Waals surface area contributed by atoms with Crippen LogP contribution in [0.5, 0.6) is 0 Å². The number of anilines is 1. The zero-order valence-electron chi connectivity index (χ0n) is 16.6. The number of amides is 1. The number of carbonyl (C=O) groups is 1. The molecular formula is C20H26N6O2. The minimum atomic E-state index is -0.219. The number of aryl methyl sites for hydroxylation is 2. The minimum Gasteiger partial charge on any atom is -0.466 e. The predicted octanol–water partition coefficient (Wildman–Crippen LogP) is 2.47. The van der Waals surface area contributed by atoms with Crippen molar-refractivity contribution in [3.05, 3.63) is 41.9 Å². The summed E-state index contributed by atoms with van der Waals surface area (Å²) in [6, 6.07) is 1.95. The molecule has 8 nitrogen and oxygen atoms in total. The topological polar surface area (TPSA) is 88.6 Å². The van der Waals surface area contributed by atoms with Gasteiger partial charge in [-0.15, -0.1) is 10.2 Å². The van der Waals surface area contributed by atoms with Crippen LogP contribution in [0, 0.1) is 19.8 Å². The predicted molar refractivity (Wildman–Crippen MR) is 105 cm³/mol. The number of hydrogen-bond acceptors (Lipinski definition) is 6. The van der Waals surface area contributed by atoms with Gasteiger partial charge >= 0.3 is 0 Å². The van der Waals surface area contributed by atoms with E-state index in [1.165, 1.54) is 0 Å². The average molecular weight is 382 g/mol. The Labute approximate surface area is 164 Å². The van der Waals surface area contributed by atoms with Gasteiger partial charge in [0.05, 0.1) is 5.92 Å². The second-order valence-corrected chi connectivity index (χ2v) is 7.60. The highest BCUT2D eigenvalue weighted by Gasteiger charge is 2.25. The third-order valence-electron chi connectivity index (χ3n) is 5.52. The first-order chi connectivity index (χ1) is 13.5. The van der Waals surface area contributed by atoms with Gasteiger partial charge in [0.1, 0.15) is 17.8 Å². The van der Waals surface area contributed by atoms with E-state index < -0.39 is 0 Å². The van der Waals surface area contributed by atoms with E-state index >= 15 is 0 Å². The highest BCUT2D eigenvalue weighted by Crippen LogP contribution is 2.25. The Kier molecular flexibility index (Phi) is 5.02. The van der Waals surface area contributed by atoms with Crippen LogP contribution < -0.4 is 10.2 Å². The second kappa shape index (κ2) is 7.61. The number of fused-ring (bicyclic) bond motifs is 1. The van der Waals surface area contributed by atoms with Gasteiger partial charge in [0, 0.05) is 37.6 Å². The fourth-order valence-electron chi connectivity index (χ4n) is 4.01. The van der Waals surface area contributed by atoms with Crippen LogP contribution in [0.2, 0.25) is 0 Å². The molecule has 0 aromatic carbocycles. The van der Waals surface area contributed by atoms with E-state index in [4.69, 9.17) is 4.42 Å². The van der Waals surface area contributed by atoms with Crippen LogP contribution in [0.3, 0.4) is 0 Å². The summed E-state index contributed by atoms with van der Waals surface area (Å²) >= 11 is 0. The van der Waals surface area contributed by atoms with Gasteiger partial charge in [0.15, 0.2) is 5.82 Å². The molecule has 4 heterocycles. The zero-order valence-corrected chi connectivity index (χ0v) is 16.6. The molecule has 1 saturated heterocycles. The molecule has 0 saturated carbocycles. The number of nitrogens with one attached hydrogen (secondary N) is 1. The van der Waals surface area contributed by atoms with Gasteiger partial charge in [-0.3, -0.25) is 9.20 Å². The lowest BCUT2D eigenvalue weighted by Crippen LogP contribution is -2.42. The van der Waals surface area contributed by atoms with Crippen molar-refractivity contribution in [3.63, 3.8) is 0 Å². The van der Waals surface area contributed by atoms with Crippen molar-refractivity contribution >= 4 is 17.4 Å². The van der Waals surface area contributed by atoms with Gasteiger partial charge in [0.2, 0.25) is 11.6 Å². The van der Waals surface area contributed by atoms with Crippen molar-refractivity contribution in [2.45, 2.75) is 39.5 Å². The van der Waals surface area contributed by atoms with E-state index in [-0.39, 0.29) is 11.8 Å². The maximum Gasteiger partial charge on any atom is 0.227 e. The summed E-state index contributed by atoms with van der Waals surface area (Å²) in [6.45, 7) is 8.18. The van der Waals surface area contributed by atoms with Gasteiger partial charge in [0.25, 0.3) is 0 Å². The summed E-state index contributed by atoms with van der Waals surface area (Å²) < 4.78 is 7.44. The van der Waals surface area contributed by atoms with E-state index in [2.05, 4.69) is 25.4 Å². The molecule has 8 heteroatoms. The number of nitrogens with zero attached hydrogens (tertiary/aromatic N) is 5. The van der Waals surface area contributed by atoms with E-state index in [0.29, 0.717) is 12.5 Å². The molecule has 0 spiro atoms. The molecule has 3 aromatic heterocycles. The number of carbonyl (C=O) groups excluding carboxylic acids is 1. The van der Waals surface area contributed by atoms with Gasteiger partial charge in [-0.1, -0.05) is 0 Å². The number of hydrogen-bond donors (Lipinski definition) is 1. The fraction of sp³-hybridized carbons (Fsp3) is 0.500. The lowest BCUT2D eigenvalue weighted by molar-refractivity contribution is -0.122. The first-order valence-electron chi connectivity index (χ1n) is 9.77. The quantitative estimate of drug-likeness (QED) is 0.729. The molecule has 1 fully saturated rings. The van der Waals surface area contributed by atoms with Crippen LogP contribution >= 0.6 is 0 Å². The van der Waals surface area contributed by atoms with Gasteiger partial charge in [-0.25, -0.2) is 4.98 Å². The minimum absolute atomic E-state index is 0.0405. The number of aromatic nitrogens is 4. The van der Waals surface area contributed by atoms with Crippen LogP contribution in [0.25, 0.3) is 5.65 Å². The first kappa shape index (κ1) is 18.5. The number of piperidine rings is 1. The number of rotatable bonds is 5. The molecule has 1 aliphatic rings. The Balaban J connectivity index is 1.38. The molecular weight excluding hydrogens is 356 g/mol. The van der Waals surface area contributed by atoms with Crippen LogP contribution in [0.1, 0.15) is 42.8 Å². The van der Waals surface area contributed by atoms with Crippen molar-refractivity contribution < 1.29 is 9.21 Å². The Bertz CT molecular complexity index is 978. The van der Waals surface area contributed by atoms with Crippen LogP contribution in [-0.2, 0) is 4.79 Å². The third-order valence-corrected chi connectivity index (χ3v) is 5.52. The molecule has 4 rings (SSSR count). The molecule has 2 atom stereocenters. The van der Waals surface area contributed by atoms with Gasteiger partial charge in [-0.05, 0) is 45.6 Å². The Morgan fingerprint density at radius 3 is 3.07 bits per heavy atom. The largest absolute Gasteiger partial charge is 0.466 e. The highest BCUT2D eigenvalue weighted by atomic mass is 16.3. The van der Waals surface area contributed by atoms with E-state index in [9.17, 15) is 4.79 Å². The average Bonchev–Trinajstić information content (AvgIpc) is 3.31. The summed E-state index contributed by atoms with van der Waals surface area (Å²) in [7, 11) is 0. The summed E-state index contributed by atoms with van der Waals surface area (Å²) in [6.07, 6.45) is 7.45. The van der Waals surface area contributed by atoms with Crippen molar-refractivity contribution in [3.8, 4) is 0 Å². The molecule has 0 aliphatic carbocycles. The zero-order chi connectivity index (χ0) is 19.7. The standard InChI is InChI=1S/C20H26N6O2/c1-13-9-17(15(3)28-13)14(2)20(27)22-10-16-5-4-7-25(11-16)18-19-24-23-12-26(19)8-6-21-18/h6,8-9,12,14,16H,4-5,7,10-11H2,1-3H3,(H,22,27)/t14-,16-/m1/s1. The summed E-state index contributed by atoms with van der Waals surface area (Å²) in [4.78, 5) is 19.4. The molecule has 28 heavy (non-hydrogen) atoms. The normalized spacial score (nSPS) is 18.4. The molecule has 0 bridgehead atoms. The lowest BCUT2D eigenvalue weighted by atomic mass is 9.96. The molecule has 148 valence electrons. The summed E-state index contributed by atoms with van der Waals surface area (Å²) in [5.74, 6) is 2.71. The fourth-order valence-corrected chi connectivity index (χ4v) is 4.01. The number of furan rings is 1. The first-order valence-corrected chi connectivity index (χ1v) is 9.77. The van der Waals surface area contributed by atoms with Crippen LogP contribution in [0.15, 0.2) is 29.2 Å². The van der Waals surface area contributed by atoms with E-state index in [1.807, 2.05) is 37.4 Å². The molecule has 1 amide bonds. The second-order valence-electron chi connectivity index (χ2n) is 7.60. The molecule has 0 unspecified atom stereocenters. The smallest absolute Gasteiger partial charge is 0.227 e. The van der Waals surface area contributed by atoms with Crippen molar-refractivity contribution in [2.24, 2.45) is 5.92 Å². The highest BCUT2D eigenvalue weighted by molar-refractivity contribution is 5.83. The van der Waals surface area contributed by atoms with Crippen LogP contribution in [-0.4, -0.2) is 45.1 Å². The Hall–Kier alpha value is -2.90. The maximum atomic E-state index is 12.6. The molecule has 0 radical (unpaired) electrons. The van der Waals surface area contributed by atoms with Crippen molar-refractivity contribution in [1.29, 1.82) is 0 Å². The van der Waals surface area contributed by atoms with Crippen molar-refractivity contribution in [2.75, 3.05) is 24.5 Å². The van der Waals surface area contributed by atoms with Gasteiger partial charge < -0.3 is 14.6 Å². The molecule has 1 N–H and O–H groups in total. The third kappa shape index (κ3) is 3.58. The maximum absolute atomic E-state index is 12.6. The van der Waals surface area contributed by atoms with E-state index in [1.54, 1.807) is 12.5 Å². The summed E-state index contributed by atoms with van der Waals surface area (Å²) in [5.41, 5.74) is 1.73. The van der Waals surface area contributed by atoms with Crippen LogP contribution in [0.4, 0.5) is 5.82 Å². The molecule has 1 aliphatic heterocycles. The monoisotopic (exact) mass is 382 g/mol. The lowest BCUT2D eigenvalue weighted by Gasteiger charge is -2.33. The van der Waals surface area contributed by atoms with Gasteiger partial charge in [-0.2, -0.15) is 0 Å². The molecule has 3 aromatic rings.